The Morgan fingerprint density at radius 2 is 1.94 bits per heavy atom. The minimum Gasteiger partial charge on any atom is -0.310 e. The smallest absolute Gasteiger partial charge is 0.229 e. The zero-order chi connectivity index (χ0) is 12.0. The number of amides is 1. The minimum atomic E-state index is 0.0886. The van der Waals surface area contributed by atoms with Gasteiger partial charge in [-0.25, -0.2) is 0 Å². The lowest BCUT2D eigenvalue weighted by atomic mass is 9.84. The van der Waals surface area contributed by atoms with E-state index >= 15 is 0 Å². The number of benzene rings is 1. The standard InChI is InChI=1S/C15H17NO/c1-11-13(8-12-6-4-3-5-7-12)9-15(2)10-14(17)16(11)15/h3-7H,8-10H2,1-2H3. The van der Waals surface area contributed by atoms with E-state index in [2.05, 4.69) is 38.1 Å². The van der Waals surface area contributed by atoms with Gasteiger partial charge in [0.25, 0.3) is 0 Å². The Bertz CT molecular complexity index is 503. The third kappa shape index (κ3) is 1.51. The van der Waals surface area contributed by atoms with Gasteiger partial charge in [0.15, 0.2) is 0 Å². The molecule has 0 N–H and O–H groups in total. The second-order valence-electron chi connectivity index (χ2n) is 5.43. The third-order valence-electron chi connectivity index (χ3n) is 4.02. The Kier molecular flexibility index (Phi) is 2.15. The Morgan fingerprint density at radius 3 is 2.53 bits per heavy atom. The summed E-state index contributed by atoms with van der Waals surface area (Å²) in [6, 6.07) is 10.5. The highest BCUT2D eigenvalue weighted by atomic mass is 16.2. The third-order valence-corrected chi connectivity index (χ3v) is 4.02. The van der Waals surface area contributed by atoms with Gasteiger partial charge in [-0.1, -0.05) is 30.3 Å². The molecule has 2 heteroatoms. The topological polar surface area (TPSA) is 20.3 Å². The molecule has 0 aliphatic carbocycles. The van der Waals surface area contributed by atoms with E-state index in [4.69, 9.17) is 0 Å². The molecule has 17 heavy (non-hydrogen) atoms. The van der Waals surface area contributed by atoms with Crippen LogP contribution in [0.15, 0.2) is 41.6 Å². The van der Waals surface area contributed by atoms with Gasteiger partial charge in [0.2, 0.25) is 5.91 Å². The molecule has 0 radical (unpaired) electrons. The monoisotopic (exact) mass is 227 g/mol. The number of fused-ring (bicyclic) bond motifs is 1. The van der Waals surface area contributed by atoms with Gasteiger partial charge in [-0.15, -0.1) is 0 Å². The van der Waals surface area contributed by atoms with Crippen molar-refractivity contribution in [2.45, 2.75) is 38.6 Å². The summed E-state index contributed by atoms with van der Waals surface area (Å²) in [5.41, 5.74) is 4.03. The van der Waals surface area contributed by atoms with Crippen LogP contribution in [-0.4, -0.2) is 16.3 Å². The van der Waals surface area contributed by atoms with Gasteiger partial charge in [0.05, 0.1) is 12.0 Å². The van der Waals surface area contributed by atoms with E-state index in [0.717, 1.165) is 12.8 Å². The predicted octanol–water partition coefficient (Wildman–Crippen LogP) is 2.90. The van der Waals surface area contributed by atoms with Crippen LogP contribution in [0.3, 0.4) is 0 Å². The van der Waals surface area contributed by atoms with Crippen LogP contribution in [0.5, 0.6) is 0 Å². The fourth-order valence-corrected chi connectivity index (χ4v) is 3.21. The molecule has 1 aromatic rings. The van der Waals surface area contributed by atoms with Gasteiger partial charge in [-0.2, -0.15) is 0 Å². The van der Waals surface area contributed by atoms with Gasteiger partial charge in [0, 0.05) is 5.70 Å². The summed E-state index contributed by atoms with van der Waals surface area (Å²) < 4.78 is 0. The van der Waals surface area contributed by atoms with E-state index < -0.39 is 0 Å². The highest BCUT2D eigenvalue weighted by Gasteiger charge is 2.52. The van der Waals surface area contributed by atoms with Crippen molar-refractivity contribution >= 4 is 5.91 Å². The van der Waals surface area contributed by atoms with E-state index in [-0.39, 0.29) is 11.4 Å². The molecule has 1 saturated heterocycles. The molecule has 2 aliphatic heterocycles. The summed E-state index contributed by atoms with van der Waals surface area (Å²) in [6.45, 7) is 4.27. The normalized spacial score (nSPS) is 27.2. The Labute approximate surface area is 102 Å². The SMILES string of the molecule is CC1=C(Cc2ccccc2)CC2(C)CC(=O)N12. The van der Waals surface area contributed by atoms with Crippen LogP contribution in [0, 0.1) is 0 Å². The van der Waals surface area contributed by atoms with Crippen molar-refractivity contribution in [2.24, 2.45) is 0 Å². The molecule has 2 heterocycles. The molecule has 0 bridgehead atoms. The summed E-state index contributed by atoms with van der Waals surface area (Å²) in [6.07, 6.45) is 2.73. The van der Waals surface area contributed by atoms with E-state index in [1.165, 1.54) is 16.8 Å². The Hall–Kier alpha value is -1.57. The average Bonchev–Trinajstić information content (AvgIpc) is 2.47. The number of allylic oxidation sites excluding steroid dienone is 1. The molecule has 1 aromatic carbocycles. The molecule has 1 unspecified atom stereocenters. The molecule has 2 aliphatic rings. The van der Waals surface area contributed by atoms with E-state index in [1.807, 2.05) is 11.0 Å². The number of hydrogen-bond acceptors (Lipinski definition) is 1. The largest absolute Gasteiger partial charge is 0.310 e. The van der Waals surface area contributed by atoms with Gasteiger partial charge < -0.3 is 4.90 Å². The molecule has 3 rings (SSSR count). The van der Waals surface area contributed by atoms with Crippen LogP contribution in [0.1, 0.15) is 32.3 Å². The molecule has 0 saturated carbocycles. The first-order chi connectivity index (χ1) is 8.10. The number of rotatable bonds is 2. The molecule has 88 valence electrons. The van der Waals surface area contributed by atoms with Gasteiger partial charge >= 0.3 is 0 Å². The number of hydrogen-bond donors (Lipinski definition) is 0. The van der Waals surface area contributed by atoms with Crippen molar-refractivity contribution in [2.75, 3.05) is 0 Å². The maximum Gasteiger partial charge on any atom is 0.229 e. The molecule has 2 nitrogen and oxygen atoms in total. The molecule has 1 amide bonds. The highest BCUT2D eigenvalue weighted by molar-refractivity contribution is 5.88. The summed E-state index contributed by atoms with van der Waals surface area (Å²) >= 11 is 0. The quantitative estimate of drug-likeness (QED) is 0.711. The minimum absolute atomic E-state index is 0.0886. The maximum atomic E-state index is 11.6. The van der Waals surface area contributed by atoms with Crippen molar-refractivity contribution in [1.82, 2.24) is 4.90 Å². The van der Waals surface area contributed by atoms with E-state index in [9.17, 15) is 4.79 Å². The summed E-state index contributed by atoms with van der Waals surface area (Å²) in [5.74, 6) is 0.285. The van der Waals surface area contributed by atoms with Gasteiger partial charge in [-0.3, -0.25) is 4.79 Å². The Balaban J connectivity index is 1.85. The fraction of sp³-hybridized carbons (Fsp3) is 0.400. The predicted molar refractivity (Wildman–Crippen MR) is 67.3 cm³/mol. The zero-order valence-electron chi connectivity index (χ0n) is 10.4. The number of nitrogens with zero attached hydrogens (tertiary/aromatic N) is 1. The molecule has 0 spiro atoms. The summed E-state index contributed by atoms with van der Waals surface area (Å²) in [5, 5.41) is 0. The maximum absolute atomic E-state index is 11.6. The first kappa shape index (κ1) is 10.6. The van der Waals surface area contributed by atoms with Crippen LogP contribution in [0.4, 0.5) is 0 Å². The number of carbonyl (C=O) groups excluding carboxylic acids is 1. The zero-order valence-corrected chi connectivity index (χ0v) is 10.4. The van der Waals surface area contributed by atoms with Crippen molar-refractivity contribution in [3.63, 3.8) is 0 Å². The van der Waals surface area contributed by atoms with Gasteiger partial charge in [-0.05, 0) is 37.8 Å². The van der Waals surface area contributed by atoms with Crippen molar-refractivity contribution in [3.8, 4) is 0 Å². The first-order valence-corrected chi connectivity index (χ1v) is 6.16. The van der Waals surface area contributed by atoms with Gasteiger partial charge in [0.1, 0.15) is 0 Å². The number of β-lactam (4-membered cyclic amide) rings is 1. The first-order valence-electron chi connectivity index (χ1n) is 6.16. The van der Waals surface area contributed by atoms with E-state index in [1.54, 1.807) is 0 Å². The van der Waals surface area contributed by atoms with Crippen LogP contribution >= 0.6 is 0 Å². The number of carbonyl (C=O) groups is 1. The van der Waals surface area contributed by atoms with E-state index in [0.29, 0.717) is 6.42 Å². The molecule has 1 fully saturated rings. The average molecular weight is 227 g/mol. The van der Waals surface area contributed by atoms with Crippen molar-refractivity contribution < 1.29 is 4.79 Å². The fourth-order valence-electron chi connectivity index (χ4n) is 3.21. The van der Waals surface area contributed by atoms with Crippen molar-refractivity contribution in [1.29, 1.82) is 0 Å². The second kappa shape index (κ2) is 3.46. The van der Waals surface area contributed by atoms with Crippen LogP contribution in [-0.2, 0) is 11.2 Å². The lowest BCUT2D eigenvalue weighted by Crippen LogP contribution is -2.57. The Morgan fingerprint density at radius 1 is 1.24 bits per heavy atom. The second-order valence-corrected chi connectivity index (χ2v) is 5.43. The summed E-state index contributed by atoms with van der Waals surface area (Å²) in [7, 11) is 0. The molecular formula is C15H17NO. The lowest BCUT2D eigenvalue weighted by molar-refractivity contribution is -0.148. The highest BCUT2D eigenvalue weighted by Crippen LogP contribution is 2.47. The lowest BCUT2D eigenvalue weighted by Gasteiger charge is -2.45. The van der Waals surface area contributed by atoms with Crippen LogP contribution in [0.25, 0.3) is 0 Å². The van der Waals surface area contributed by atoms with Crippen LogP contribution < -0.4 is 0 Å². The van der Waals surface area contributed by atoms with Crippen LogP contribution in [0.2, 0.25) is 0 Å². The molecular weight excluding hydrogens is 210 g/mol. The molecule has 1 atom stereocenters. The summed E-state index contributed by atoms with van der Waals surface area (Å²) in [4.78, 5) is 13.6. The van der Waals surface area contributed by atoms with Crippen molar-refractivity contribution in [3.05, 3.63) is 47.2 Å². The molecule has 0 aromatic heterocycles.